The number of benzene rings is 2. The number of nitrogens with one attached hydrogen (secondary N) is 1. The lowest BCUT2D eigenvalue weighted by atomic mass is 9.90. The molecule has 0 aliphatic heterocycles. The Morgan fingerprint density at radius 2 is 1.38 bits per heavy atom. The molecular weight excluding hydrogens is 326 g/mol. The second-order valence-corrected chi connectivity index (χ2v) is 5.87. The van der Waals surface area contributed by atoms with E-state index in [1.54, 1.807) is 0 Å². The molecule has 0 unspecified atom stereocenters. The molecule has 0 atom stereocenters. The SMILES string of the molecule is COC(=O)C(C/C=C/c1ccccc1)(C/C=C/c1ccccc1)NC=O. The van der Waals surface area contributed by atoms with E-state index in [1.165, 1.54) is 7.11 Å². The van der Waals surface area contributed by atoms with Crippen LogP contribution < -0.4 is 5.32 Å². The fourth-order valence-electron chi connectivity index (χ4n) is 2.66. The summed E-state index contributed by atoms with van der Waals surface area (Å²) in [6, 6.07) is 19.5. The van der Waals surface area contributed by atoms with Gasteiger partial charge in [0.25, 0.3) is 0 Å². The summed E-state index contributed by atoms with van der Waals surface area (Å²) in [7, 11) is 1.32. The summed E-state index contributed by atoms with van der Waals surface area (Å²) < 4.78 is 4.95. The van der Waals surface area contributed by atoms with E-state index in [1.807, 2.05) is 85.0 Å². The fourth-order valence-corrected chi connectivity index (χ4v) is 2.66. The molecule has 0 saturated carbocycles. The van der Waals surface area contributed by atoms with E-state index >= 15 is 0 Å². The molecule has 0 bridgehead atoms. The lowest BCUT2D eigenvalue weighted by molar-refractivity contribution is -0.149. The van der Waals surface area contributed by atoms with E-state index in [-0.39, 0.29) is 0 Å². The molecule has 2 aromatic rings. The van der Waals surface area contributed by atoms with E-state index < -0.39 is 11.5 Å². The van der Waals surface area contributed by atoms with Gasteiger partial charge in [-0.2, -0.15) is 0 Å². The summed E-state index contributed by atoms with van der Waals surface area (Å²) >= 11 is 0. The van der Waals surface area contributed by atoms with Crippen LogP contribution >= 0.6 is 0 Å². The largest absolute Gasteiger partial charge is 0.467 e. The summed E-state index contributed by atoms with van der Waals surface area (Å²) in [4.78, 5) is 23.5. The molecule has 0 heterocycles. The van der Waals surface area contributed by atoms with Gasteiger partial charge in [0.15, 0.2) is 0 Å². The number of carbonyl (C=O) groups is 2. The van der Waals surface area contributed by atoms with Gasteiger partial charge in [-0.15, -0.1) is 0 Å². The minimum atomic E-state index is -1.13. The molecule has 0 saturated heterocycles. The van der Waals surface area contributed by atoms with Gasteiger partial charge in [-0.3, -0.25) is 4.79 Å². The van der Waals surface area contributed by atoms with Crippen LogP contribution in [0.1, 0.15) is 24.0 Å². The van der Waals surface area contributed by atoms with Crippen LogP contribution in [0.5, 0.6) is 0 Å². The van der Waals surface area contributed by atoms with Crippen molar-refractivity contribution in [3.8, 4) is 0 Å². The summed E-state index contributed by atoms with van der Waals surface area (Å²) in [6.45, 7) is 0. The van der Waals surface area contributed by atoms with Gasteiger partial charge in [0.1, 0.15) is 5.54 Å². The molecule has 0 aliphatic rings. The zero-order valence-electron chi connectivity index (χ0n) is 14.8. The third-order valence-corrected chi connectivity index (χ3v) is 4.06. The van der Waals surface area contributed by atoms with Crippen LogP contribution in [0.3, 0.4) is 0 Å². The average molecular weight is 349 g/mol. The van der Waals surface area contributed by atoms with Crippen LogP contribution in [0.15, 0.2) is 72.8 Å². The van der Waals surface area contributed by atoms with E-state index in [4.69, 9.17) is 4.74 Å². The Morgan fingerprint density at radius 1 is 0.923 bits per heavy atom. The molecule has 0 spiro atoms. The quantitative estimate of drug-likeness (QED) is 0.553. The van der Waals surface area contributed by atoms with Crippen LogP contribution in [-0.2, 0) is 14.3 Å². The van der Waals surface area contributed by atoms with E-state index in [2.05, 4.69) is 5.32 Å². The van der Waals surface area contributed by atoms with Gasteiger partial charge in [-0.05, 0) is 24.0 Å². The van der Waals surface area contributed by atoms with Crippen molar-refractivity contribution < 1.29 is 14.3 Å². The Morgan fingerprint density at radius 3 is 1.77 bits per heavy atom. The first-order valence-electron chi connectivity index (χ1n) is 8.43. The van der Waals surface area contributed by atoms with Gasteiger partial charge in [0.2, 0.25) is 6.41 Å². The Balaban J connectivity index is 2.17. The number of rotatable bonds is 9. The first-order chi connectivity index (χ1) is 12.7. The normalized spacial score (nSPS) is 11.6. The van der Waals surface area contributed by atoms with E-state index in [0.717, 1.165) is 11.1 Å². The predicted octanol–water partition coefficient (Wildman–Crippen LogP) is 3.85. The lowest BCUT2D eigenvalue weighted by Gasteiger charge is -2.28. The van der Waals surface area contributed by atoms with Crippen molar-refractivity contribution in [2.45, 2.75) is 18.4 Å². The van der Waals surface area contributed by atoms with Crippen LogP contribution in [-0.4, -0.2) is 25.0 Å². The second kappa shape index (κ2) is 9.99. The summed E-state index contributed by atoms with van der Waals surface area (Å²) in [6.07, 6.45) is 8.79. The monoisotopic (exact) mass is 349 g/mol. The van der Waals surface area contributed by atoms with Crippen molar-refractivity contribution in [2.24, 2.45) is 0 Å². The number of ether oxygens (including phenoxy) is 1. The molecule has 0 radical (unpaired) electrons. The molecule has 0 aromatic heterocycles. The van der Waals surface area contributed by atoms with Crippen molar-refractivity contribution in [3.05, 3.63) is 83.9 Å². The first-order valence-corrected chi connectivity index (χ1v) is 8.43. The molecule has 134 valence electrons. The molecular formula is C22H23NO3. The number of amides is 1. The molecule has 4 heteroatoms. The van der Waals surface area contributed by atoms with Gasteiger partial charge in [-0.25, -0.2) is 4.79 Å². The summed E-state index contributed by atoms with van der Waals surface area (Å²) in [5.41, 5.74) is 0.918. The maximum absolute atomic E-state index is 12.4. The van der Waals surface area contributed by atoms with Crippen LogP contribution in [0.2, 0.25) is 0 Å². The number of esters is 1. The average Bonchev–Trinajstić information content (AvgIpc) is 2.69. The highest BCUT2D eigenvalue weighted by molar-refractivity contribution is 5.84. The molecule has 2 aromatic carbocycles. The van der Waals surface area contributed by atoms with Gasteiger partial charge < -0.3 is 10.1 Å². The van der Waals surface area contributed by atoms with E-state index in [9.17, 15) is 9.59 Å². The molecule has 26 heavy (non-hydrogen) atoms. The zero-order chi connectivity index (χ0) is 18.7. The zero-order valence-corrected chi connectivity index (χ0v) is 14.8. The number of hydrogen-bond donors (Lipinski definition) is 1. The lowest BCUT2D eigenvalue weighted by Crippen LogP contribution is -2.51. The van der Waals surface area contributed by atoms with Crippen LogP contribution in [0.4, 0.5) is 0 Å². The highest BCUT2D eigenvalue weighted by Crippen LogP contribution is 2.21. The molecule has 0 aliphatic carbocycles. The van der Waals surface area contributed by atoms with E-state index in [0.29, 0.717) is 19.3 Å². The number of carbonyl (C=O) groups excluding carboxylic acids is 2. The van der Waals surface area contributed by atoms with Crippen molar-refractivity contribution in [3.63, 3.8) is 0 Å². The van der Waals surface area contributed by atoms with Gasteiger partial charge in [0, 0.05) is 0 Å². The minimum Gasteiger partial charge on any atom is -0.467 e. The predicted molar refractivity (Wildman–Crippen MR) is 104 cm³/mol. The molecule has 2 rings (SSSR count). The second-order valence-electron chi connectivity index (χ2n) is 5.87. The molecule has 0 fully saturated rings. The Kier molecular flexibility index (Phi) is 7.37. The molecule has 1 N–H and O–H groups in total. The van der Waals surface area contributed by atoms with Crippen molar-refractivity contribution >= 4 is 24.5 Å². The molecule has 1 amide bonds. The summed E-state index contributed by atoms with van der Waals surface area (Å²) in [5, 5.41) is 2.66. The highest BCUT2D eigenvalue weighted by atomic mass is 16.5. The number of methoxy groups -OCH3 is 1. The van der Waals surface area contributed by atoms with Crippen LogP contribution in [0, 0.1) is 0 Å². The smallest absolute Gasteiger partial charge is 0.332 e. The third kappa shape index (κ3) is 5.45. The topological polar surface area (TPSA) is 55.4 Å². The van der Waals surface area contributed by atoms with Crippen molar-refractivity contribution in [1.29, 1.82) is 0 Å². The summed E-state index contributed by atoms with van der Waals surface area (Å²) in [5.74, 6) is -0.472. The standard InChI is InChI=1S/C22H23NO3/c1-26-21(25)22(23-18-24,16-8-14-19-10-4-2-5-11-19)17-9-15-20-12-6-3-7-13-20/h2-15,18H,16-17H2,1H3,(H,23,24)/b14-8+,15-9+. The molecule has 4 nitrogen and oxygen atoms in total. The third-order valence-electron chi connectivity index (χ3n) is 4.06. The fraction of sp³-hybridized carbons (Fsp3) is 0.182. The maximum Gasteiger partial charge on any atom is 0.332 e. The number of hydrogen-bond acceptors (Lipinski definition) is 3. The van der Waals surface area contributed by atoms with Crippen molar-refractivity contribution in [2.75, 3.05) is 7.11 Å². The van der Waals surface area contributed by atoms with Crippen molar-refractivity contribution in [1.82, 2.24) is 5.32 Å². The Hall–Kier alpha value is -3.14. The first kappa shape index (κ1) is 19.2. The minimum absolute atomic E-state index is 0.326. The Bertz CT molecular complexity index is 700. The van der Waals surface area contributed by atoms with Crippen LogP contribution in [0.25, 0.3) is 12.2 Å². The van der Waals surface area contributed by atoms with Gasteiger partial charge >= 0.3 is 5.97 Å². The van der Waals surface area contributed by atoms with Gasteiger partial charge in [-0.1, -0.05) is 85.0 Å². The Labute approximate surface area is 154 Å². The maximum atomic E-state index is 12.4. The van der Waals surface area contributed by atoms with Gasteiger partial charge in [0.05, 0.1) is 7.11 Å². The highest BCUT2D eigenvalue weighted by Gasteiger charge is 2.37.